The Morgan fingerprint density at radius 1 is 1.06 bits per heavy atom. The number of methoxy groups -OCH3 is 1. The Morgan fingerprint density at radius 2 is 1.76 bits per heavy atom. The molecule has 0 heterocycles. The van der Waals surface area contributed by atoms with Crippen molar-refractivity contribution < 1.29 is 4.74 Å². The summed E-state index contributed by atoms with van der Waals surface area (Å²) in [5.74, 6) is 2.07. The van der Waals surface area contributed by atoms with E-state index < -0.39 is 0 Å². The van der Waals surface area contributed by atoms with Gasteiger partial charge >= 0.3 is 0 Å². The van der Waals surface area contributed by atoms with E-state index in [0.29, 0.717) is 0 Å². The summed E-state index contributed by atoms with van der Waals surface area (Å²) in [7, 11) is 1.81. The van der Waals surface area contributed by atoms with E-state index in [1.807, 2.05) is 0 Å². The Balaban J connectivity index is 1.76. The van der Waals surface area contributed by atoms with Crippen molar-refractivity contribution in [2.45, 2.75) is 70.4 Å². The molecule has 0 aromatic carbocycles. The first-order valence-corrected chi connectivity index (χ1v) is 7.39. The molecule has 0 saturated heterocycles. The third-order valence-corrected chi connectivity index (χ3v) is 4.91. The first kappa shape index (κ1) is 13.4. The average molecular weight is 239 g/mol. The second-order valence-electron chi connectivity index (χ2n) is 6.66. The van der Waals surface area contributed by atoms with E-state index in [9.17, 15) is 0 Å². The molecule has 100 valence electrons. The van der Waals surface area contributed by atoms with Gasteiger partial charge in [0.1, 0.15) is 0 Å². The van der Waals surface area contributed by atoms with E-state index in [1.54, 1.807) is 7.11 Å². The molecule has 17 heavy (non-hydrogen) atoms. The van der Waals surface area contributed by atoms with Crippen LogP contribution in [0.2, 0.25) is 0 Å². The van der Waals surface area contributed by atoms with E-state index in [-0.39, 0.29) is 5.60 Å². The maximum atomic E-state index is 5.47. The second kappa shape index (κ2) is 5.71. The van der Waals surface area contributed by atoms with Crippen LogP contribution in [0, 0.1) is 11.8 Å². The van der Waals surface area contributed by atoms with Gasteiger partial charge in [0.15, 0.2) is 0 Å². The zero-order valence-corrected chi connectivity index (χ0v) is 11.8. The van der Waals surface area contributed by atoms with Crippen LogP contribution in [0.5, 0.6) is 0 Å². The monoisotopic (exact) mass is 239 g/mol. The fraction of sp³-hybridized carbons (Fsp3) is 1.00. The van der Waals surface area contributed by atoms with Crippen LogP contribution in [0.15, 0.2) is 0 Å². The highest BCUT2D eigenvalue weighted by molar-refractivity contribution is 4.87. The van der Waals surface area contributed by atoms with E-state index in [0.717, 1.165) is 24.4 Å². The Hall–Kier alpha value is -0.0800. The molecule has 0 aliphatic heterocycles. The molecule has 2 rings (SSSR count). The van der Waals surface area contributed by atoms with Crippen LogP contribution in [0.1, 0.15) is 58.8 Å². The quantitative estimate of drug-likeness (QED) is 0.812. The summed E-state index contributed by atoms with van der Waals surface area (Å²) in [6.45, 7) is 5.30. The lowest BCUT2D eigenvalue weighted by Crippen LogP contribution is -2.45. The van der Waals surface area contributed by atoms with Crippen molar-refractivity contribution in [3.8, 4) is 0 Å². The SMILES string of the molecule is COC(C)(C)CNC1CCC2CCCCC2C1. The largest absolute Gasteiger partial charge is 0.377 e. The van der Waals surface area contributed by atoms with Crippen molar-refractivity contribution in [3.63, 3.8) is 0 Å². The van der Waals surface area contributed by atoms with Crippen molar-refractivity contribution in [2.24, 2.45) is 11.8 Å². The molecule has 0 radical (unpaired) electrons. The second-order valence-corrected chi connectivity index (χ2v) is 6.66. The third-order valence-electron chi connectivity index (χ3n) is 4.91. The Kier molecular flexibility index (Phi) is 4.48. The highest BCUT2D eigenvalue weighted by Crippen LogP contribution is 2.40. The number of fused-ring (bicyclic) bond motifs is 1. The minimum Gasteiger partial charge on any atom is -0.377 e. The van der Waals surface area contributed by atoms with Gasteiger partial charge in [-0.1, -0.05) is 25.7 Å². The molecule has 3 unspecified atom stereocenters. The molecular weight excluding hydrogens is 210 g/mol. The summed E-state index contributed by atoms with van der Waals surface area (Å²) in [5.41, 5.74) is -0.0244. The lowest BCUT2D eigenvalue weighted by Gasteiger charge is -2.40. The molecule has 0 bridgehead atoms. The Bertz CT molecular complexity index is 239. The molecule has 1 N–H and O–H groups in total. The number of hydrogen-bond donors (Lipinski definition) is 1. The zero-order valence-electron chi connectivity index (χ0n) is 11.8. The minimum absolute atomic E-state index is 0.0244. The van der Waals surface area contributed by atoms with Crippen LogP contribution in [0.25, 0.3) is 0 Å². The standard InChI is InChI=1S/C15H29NO/c1-15(2,17-3)11-16-14-9-8-12-6-4-5-7-13(12)10-14/h12-14,16H,4-11H2,1-3H3. The van der Waals surface area contributed by atoms with Gasteiger partial charge in [0.2, 0.25) is 0 Å². The average Bonchev–Trinajstić information content (AvgIpc) is 2.36. The van der Waals surface area contributed by atoms with Crippen molar-refractivity contribution in [3.05, 3.63) is 0 Å². The first-order valence-electron chi connectivity index (χ1n) is 7.39. The van der Waals surface area contributed by atoms with Gasteiger partial charge in [0, 0.05) is 19.7 Å². The summed E-state index contributed by atoms with van der Waals surface area (Å²) >= 11 is 0. The van der Waals surface area contributed by atoms with Gasteiger partial charge in [-0.05, 0) is 44.9 Å². The predicted octanol–water partition coefficient (Wildman–Crippen LogP) is 3.36. The minimum atomic E-state index is -0.0244. The maximum Gasteiger partial charge on any atom is 0.0746 e. The van der Waals surface area contributed by atoms with Crippen LogP contribution in [0.3, 0.4) is 0 Å². The van der Waals surface area contributed by atoms with Gasteiger partial charge < -0.3 is 10.1 Å². The Morgan fingerprint density at radius 3 is 2.47 bits per heavy atom. The summed E-state index contributed by atoms with van der Waals surface area (Å²) in [4.78, 5) is 0. The normalized spacial score (nSPS) is 34.4. The number of nitrogens with one attached hydrogen (secondary N) is 1. The molecule has 2 heteroatoms. The molecule has 0 aromatic heterocycles. The molecule has 0 amide bonds. The highest BCUT2D eigenvalue weighted by Gasteiger charge is 2.32. The molecular formula is C15H29NO. The van der Waals surface area contributed by atoms with Gasteiger partial charge in [-0.15, -0.1) is 0 Å². The molecule has 0 spiro atoms. The van der Waals surface area contributed by atoms with E-state index in [2.05, 4.69) is 19.2 Å². The van der Waals surface area contributed by atoms with E-state index in [4.69, 9.17) is 4.74 Å². The van der Waals surface area contributed by atoms with Gasteiger partial charge in [-0.2, -0.15) is 0 Å². The van der Waals surface area contributed by atoms with Crippen LogP contribution in [-0.4, -0.2) is 25.3 Å². The third kappa shape index (κ3) is 3.69. The fourth-order valence-corrected chi connectivity index (χ4v) is 3.52. The molecule has 2 aliphatic rings. The maximum absolute atomic E-state index is 5.47. The number of rotatable bonds is 4. The van der Waals surface area contributed by atoms with E-state index in [1.165, 1.54) is 44.9 Å². The lowest BCUT2D eigenvalue weighted by atomic mass is 9.69. The van der Waals surface area contributed by atoms with Gasteiger partial charge in [-0.3, -0.25) is 0 Å². The lowest BCUT2D eigenvalue weighted by molar-refractivity contribution is 0.0173. The summed E-state index contributed by atoms with van der Waals surface area (Å²) in [6, 6.07) is 0.740. The summed E-state index contributed by atoms with van der Waals surface area (Å²) < 4.78 is 5.47. The van der Waals surface area contributed by atoms with Crippen LogP contribution in [-0.2, 0) is 4.74 Å². The van der Waals surface area contributed by atoms with Gasteiger partial charge in [0.25, 0.3) is 0 Å². The molecule has 2 fully saturated rings. The number of ether oxygens (including phenoxy) is 1. The van der Waals surface area contributed by atoms with Crippen LogP contribution >= 0.6 is 0 Å². The Labute approximate surface area is 107 Å². The van der Waals surface area contributed by atoms with Gasteiger partial charge in [-0.25, -0.2) is 0 Å². The zero-order chi connectivity index (χ0) is 12.3. The van der Waals surface area contributed by atoms with Crippen LogP contribution < -0.4 is 5.32 Å². The van der Waals surface area contributed by atoms with Gasteiger partial charge in [0.05, 0.1) is 5.60 Å². The summed E-state index contributed by atoms with van der Waals surface area (Å²) in [5, 5.41) is 3.72. The molecule has 3 atom stereocenters. The topological polar surface area (TPSA) is 21.3 Å². The summed E-state index contributed by atoms with van der Waals surface area (Å²) in [6.07, 6.45) is 10.2. The molecule has 2 saturated carbocycles. The fourth-order valence-electron chi connectivity index (χ4n) is 3.52. The van der Waals surface area contributed by atoms with E-state index >= 15 is 0 Å². The van der Waals surface area contributed by atoms with Crippen molar-refractivity contribution >= 4 is 0 Å². The van der Waals surface area contributed by atoms with Crippen LogP contribution in [0.4, 0.5) is 0 Å². The first-order chi connectivity index (χ1) is 8.11. The number of hydrogen-bond acceptors (Lipinski definition) is 2. The van der Waals surface area contributed by atoms with Crippen molar-refractivity contribution in [1.29, 1.82) is 0 Å². The van der Waals surface area contributed by atoms with Crippen molar-refractivity contribution in [2.75, 3.05) is 13.7 Å². The predicted molar refractivity (Wildman–Crippen MR) is 72.2 cm³/mol. The molecule has 2 aliphatic carbocycles. The molecule has 0 aromatic rings. The smallest absolute Gasteiger partial charge is 0.0746 e. The van der Waals surface area contributed by atoms with Crippen molar-refractivity contribution in [1.82, 2.24) is 5.32 Å². The molecule has 2 nitrogen and oxygen atoms in total. The highest BCUT2D eigenvalue weighted by atomic mass is 16.5.